The minimum atomic E-state index is -2.93. The van der Waals surface area contributed by atoms with Crippen molar-refractivity contribution in [3.05, 3.63) is 29.3 Å². The average molecular weight is 268 g/mol. The number of hydrogen-bond donors (Lipinski definition) is 1. The minimum absolute atomic E-state index is 0.108. The summed E-state index contributed by atoms with van der Waals surface area (Å²) in [5.41, 5.74) is 9.24. The van der Waals surface area contributed by atoms with Crippen molar-refractivity contribution in [1.82, 2.24) is 0 Å². The number of hydrogen-bond acceptors (Lipinski definition) is 4. The SMILES string of the molecule is Cc1cccc(C)c1N1CCS(=O)(=O)CC1CN. The maximum atomic E-state index is 11.7. The Kier molecular flexibility index (Phi) is 3.64. The molecule has 1 unspecified atom stereocenters. The summed E-state index contributed by atoms with van der Waals surface area (Å²) >= 11 is 0. The molecule has 0 aliphatic carbocycles. The Balaban J connectivity index is 2.38. The van der Waals surface area contributed by atoms with E-state index in [2.05, 4.69) is 30.9 Å². The minimum Gasteiger partial charge on any atom is -0.365 e. The first-order valence-corrected chi connectivity index (χ1v) is 8.00. The summed E-state index contributed by atoms with van der Waals surface area (Å²) in [6.07, 6.45) is 0. The Hall–Kier alpha value is -1.07. The van der Waals surface area contributed by atoms with Gasteiger partial charge >= 0.3 is 0 Å². The van der Waals surface area contributed by atoms with Crippen LogP contribution in [0, 0.1) is 13.8 Å². The van der Waals surface area contributed by atoms with Gasteiger partial charge in [-0.05, 0) is 25.0 Å². The van der Waals surface area contributed by atoms with E-state index in [4.69, 9.17) is 5.73 Å². The van der Waals surface area contributed by atoms with E-state index < -0.39 is 9.84 Å². The first-order valence-electron chi connectivity index (χ1n) is 6.18. The molecule has 0 aromatic heterocycles. The smallest absolute Gasteiger partial charge is 0.154 e. The molecule has 2 N–H and O–H groups in total. The highest BCUT2D eigenvalue weighted by Gasteiger charge is 2.31. The van der Waals surface area contributed by atoms with Crippen molar-refractivity contribution in [2.24, 2.45) is 5.73 Å². The van der Waals surface area contributed by atoms with Crippen molar-refractivity contribution in [2.45, 2.75) is 19.9 Å². The molecule has 5 heteroatoms. The first kappa shape index (κ1) is 13.4. The Morgan fingerprint density at radius 1 is 1.33 bits per heavy atom. The van der Waals surface area contributed by atoms with Gasteiger partial charge in [0.05, 0.1) is 17.5 Å². The van der Waals surface area contributed by atoms with Gasteiger partial charge in [-0.15, -0.1) is 0 Å². The van der Waals surface area contributed by atoms with Crippen LogP contribution in [0.2, 0.25) is 0 Å². The fraction of sp³-hybridized carbons (Fsp3) is 0.538. The van der Waals surface area contributed by atoms with E-state index in [1.807, 2.05) is 6.07 Å². The van der Waals surface area contributed by atoms with Crippen LogP contribution < -0.4 is 10.6 Å². The summed E-state index contributed by atoms with van der Waals surface area (Å²) in [6.45, 7) is 5.01. The topological polar surface area (TPSA) is 63.4 Å². The van der Waals surface area contributed by atoms with Gasteiger partial charge in [0.15, 0.2) is 9.84 Å². The molecule has 1 aliphatic heterocycles. The Bertz CT molecular complexity index is 520. The second kappa shape index (κ2) is 4.90. The molecule has 0 amide bonds. The third-order valence-corrected chi connectivity index (χ3v) is 5.23. The van der Waals surface area contributed by atoms with Gasteiger partial charge in [0.2, 0.25) is 0 Å². The van der Waals surface area contributed by atoms with E-state index in [0.717, 1.165) is 5.69 Å². The van der Waals surface area contributed by atoms with Gasteiger partial charge in [-0.1, -0.05) is 18.2 Å². The first-order chi connectivity index (χ1) is 8.44. The zero-order chi connectivity index (χ0) is 13.3. The molecule has 2 rings (SSSR count). The second-order valence-corrected chi connectivity index (χ2v) is 7.17. The van der Waals surface area contributed by atoms with Crippen LogP contribution in [-0.2, 0) is 9.84 Å². The number of sulfone groups is 1. The van der Waals surface area contributed by atoms with Crippen LogP contribution in [-0.4, -0.2) is 39.1 Å². The molecule has 1 aromatic carbocycles. The van der Waals surface area contributed by atoms with Gasteiger partial charge in [-0.25, -0.2) is 8.42 Å². The molecule has 0 spiro atoms. The van der Waals surface area contributed by atoms with Crippen LogP contribution >= 0.6 is 0 Å². The molecule has 0 radical (unpaired) electrons. The lowest BCUT2D eigenvalue weighted by atomic mass is 10.1. The quantitative estimate of drug-likeness (QED) is 0.864. The standard InChI is InChI=1S/C13H20N2O2S/c1-10-4-3-5-11(2)13(10)15-6-7-18(16,17)9-12(15)8-14/h3-5,12H,6-9,14H2,1-2H3. The monoisotopic (exact) mass is 268 g/mol. The number of nitrogens with two attached hydrogens (primary N) is 1. The summed E-state index contributed by atoms with van der Waals surface area (Å²) in [7, 11) is -2.93. The molecule has 4 nitrogen and oxygen atoms in total. The fourth-order valence-electron chi connectivity index (χ4n) is 2.63. The zero-order valence-electron chi connectivity index (χ0n) is 10.9. The third kappa shape index (κ3) is 2.52. The van der Waals surface area contributed by atoms with E-state index in [1.54, 1.807) is 0 Å². The number of anilines is 1. The molecule has 1 aliphatic rings. The number of rotatable bonds is 2. The van der Waals surface area contributed by atoms with Crippen molar-refractivity contribution in [2.75, 3.05) is 29.5 Å². The number of aryl methyl sites for hydroxylation is 2. The van der Waals surface area contributed by atoms with Gasteiger partial charge in [-0.3, -0.25) is 0 Å². The van der Waals surface area contributed by atoms with Gasteiger partial charge in [0.25, 0.3) is 0 Å². The van der Waals surface area contributed by atoms with Crippen molar-refractivity contribution < 1.29 is 8.42 Å². The molecular weight excluding hydrogens is 248 g/mol. The molecule has 18 heavy (non-hydrogen) atoms. The lowest BCUT2D eigenvalue weighted by Gasteiger charge is -2.38. The van der Waals surface area contributed by atoms with Crippen LogP contribution in [0.3, 0.4) is 0 Å². The molecule has 1 atom stereocenters. The van der Waals surface area contributed by atoms with Crippen LogP contribution in [0.4, 0.5) is 5.69 Å². The largest absolute Gasteiger partial charge is 0.365 e. The van der Waals surface area contributed by atoms with Gasteiger partial charge < -0.3 is 10.6 Å². The van der Waals surface area contributed by atoms with Crippen molar-refractivity contribution >= 4 is 15.5 Å². The Morgan fingerprint density at radius 3 is 2.50 bits per heavy atom. The molecule has 1 saturated heterocycles. The van der Waals surface area contributed by atoms with Crippen molar-refractivity contribution in [3.63, 3.8) is 0 Å². The van der Waals surface area contributed by atoms with E-state index >= 15 is 0 Å². The average Bonchev–Trinajstić information content (AvgIpc) is 2.30. The van der Waals surface area contributed by atoms with Gasteiger partial charge in [0.1, 0.15) is 0 Å². The lowest BCUT2D eigenvalue weighted by molar-refractivity contribution is 0.558. The molecule has 100 valence electrons. The second-order valence-electron chi connectivity index (χ2n) is 4.94. The maximum absolute atomic E-state index is 11.7. The number of para-hydroxylation sites is 1. The van der Waals surface area contributed by atoms with Crippen LogP contribution in [0.5, 0.6) is 0 Å². The number of benzene rings is 1. The fourth-order valence-corrected chi connectivity index (χ4v) is 4.18. The van der Waals surface area contributed by atoms with Crippen LogP contribution in [0.15, 0.2) is 18.2 Å². The van der Waals surface area contributed by atoms with Gasteiger partial charge in [0, 0.05) is 18.8 Å². The zero-order valence-corrected chi connectivity index (χ0v) is 11.7. The van der Waals surface area contributed by atoms with E-state index in [-0.39, 0.29) is 17.5 Å². The highest BCUT2D eigenvalue weighted by molar-refractivity contribution is 7.91. The third-order valence-electron chi connectivity index (χ3n) is 3.53. The molecule has 1 heterocycles. The highest BCUT2D eigenvalue weighted by Crippen LogP contribution is 2.28. The molecule has 0 saturated carbocycles. The Labute approximate surface area is 109 Å². The molecule has 1 fully saturated rings. The summed E-state index contributed by atoms with van der Waals surface area (Å²) in [5.74, 6) is 0.383. The lowest BCUT2D eigenvalue weighted by Crippen LogP contribution is -2.52. The van der Waals surface area contributed by atoms with Gasteiger partial charge in [-0.2, -0.15) is 0 Å². The maximum Gasteiger partial charge on any atom is 0.154 e. The van der Waals surface area contributed by atoms with Crippen LogP contribution in [0.1, 0.15) is 11.1 Å². The van der Waals surface area contributed by atoms with Crippen LogP contribution in [0.25, 0.3) is 0 Å². The van der Waals surface area contributed by atoms with E-state index in [0.29, 0.717) is 13.1 Å². The normalized spacial score (nSPS) is 23.1. The predicted molar refractivity (Wildman–Crippen MR) is 74.8 cm³/mol. The molecular formula is C13H20N2O2S. The van der Waals surface area contributed by atoms with Crippen molar-refractivity contribution in [3.8, 4) is 0 Å². The molecule has 1 aromatic rings. The van der Waals surface area contributed by atoms with E-state index in [1.165, 1.54) is 11.1 Å². The summed E-state index contributed by atoms with van der Waals surface area (Å²) < 4.78 is 23.4. The summed E-state index contributed by atoms with van der Waals surface area (Å²) in [4.78, 5) is 2.16. The summed E-state index contributed by atoms with van der Waals surface area (Å²) in [5, 5.41) is 0. The highest BCUT2D eigenvalue weighted by atomic mass is 32.2. The predicted octanol–water partition coefficient (Wildman–Crippen LogP) is 0.866. The molecule has 0 bridgehead atoms. The van der Waals surface area contributed by atoms with Crippen molar-refractivity contribution in [1.29, 1.82) is 0 Å². The summed E-state index contributed by atoms with van der Waals surface area (Å²) in [6, 6.07) is 6.02. The van der Waals surface area contributed by atoms with E-state index in [9.17, 15) is 8.42 Å². The number of nitrogens with zero attached hydrogens (tertiary/aromatic N) is 1. The Morgan fingerprint density at radius 2 is 1.94 bits per heavy atom.